The van der Waals surface area contributed by atoms with Crippen LogP contribution in [0.1, 0.15) is 64.5 Å². The average Bonchev–Trinajstić information content (AvgIpc) is 3.54. The molecule has 0 radical (unpaired) electrons. The molecule has 184 valence electrons. The predicted molar refractivity (Wildman–Crippen MR) is 106 cm³/mol. The molecule has 1 aromatic carbocycles. The van der Waals surface area contributed by atoms with E-state index >= 15 is 0 Å². The van der Waals surface area contributed by atoms with Crippen LogP contribution in [-0.2, 0) is 19.9 Å². The highest BCUT2D eigenvalue weighted by molar-refractivity contribution is 5.75. The number of ether oxygens (including phenoxy) is 2. The molecule has 0 aliphatic carbocycles. The van der Waals surface area contributed by atoms with Gasteiger partial charge in [0.05, 0.1) is 12.0 Å². The highest BCUT2D eigenvalue weighted by Gasteiger charge is 2.71. The number of epoxide rings is 1. The maximum atomic E-state index is 12.6. The van der Waals surface area contributed by atoms with Gasteiger partial charge in [-0.1, -0.05) is 45.0 Å². The quantitative estimate of drug-likeness (QED) is 0.306. The summed E-state index contributed by atoms with van der Waals surface area (Å²) in [6, 6.07) is 3.68. The average molecular weight is 472 g/mol. The molecule has 1 saturated heterocycles. The van der Waals surface area contributed by atoms with Crippen molar-refractivity contribution in [1.29, 1.82) is 0 Å². The number of esters is 1. The van der Waals surface area contributed by atoms with E-state index in [2.05, 4.69) is 0 Å². The number of carbonyl (C=O) groups excluding carboxylic acids is 1. The maximum Gasteiger partial charge on any atom is 0.430 e. The first-order chi connectivity index (χ1) is 14.5. The van der Waals surface area contributed by atoms with Gasteiger partial charge in [-0.25, -0.2) is 0 Å². The largest absolute Gasteiger partial charge is 0.462 e. The van der Waals surface area contributed by atoms with Crippen LogP contribution in [0, 0.1) is 5.41 Å². The Kier molecular flexibility index (Phi) is 9.19. The number of rotatable bonds is 7. The van der Waals surface area contributed by atoms with Gasteiger partial charge in [-0.05, 0) is 38.2 Å². The van der Waals surface area contributed by atoms with Crippen molar-refractivity contribution in [2.45, 2.75) is 77.4 Å². The second-order valence-corrected chi connectivity index (χ2v) is 8.43. The summed E-state index contributed by atoms with van der Waals surface area (Å²) in [4.78, 5) is 11.4. The van der Waals surface area contributed by atoms with Gasteiger partial charge in [-0.15, -0.1) is 0 Å². The van der Waals surface area contributed by atoms with E-state index < -0.39 is 23.5 Å². The van der Waals surface area contributed by atoms with Crippen molar-refractivity contribution in [2.75, 3.05) is 13.2 Å². The third kappa shape index (κ3) is 6.84. The molecule has 0 aromatic heterocycles. The summed E-state index contributed by atoms with van der Waals surface area (Å²) in [5.41, 5.74) is -5.82. The molecular weight excluding hydrogens is 442 g/mol. The number of hydrogen-bond acceptors (Lipinski definition) is 4. The van der Waals surface area contributed by atoms with Crippen LogP contribution in [-0.4, -0.2) is 42.7 Å². The first-order valence-corrected chi connectivity index (χ1v) is 10.3. The third-order valence-electron chi connectivity index (χ3n) is 5.57. The van der Waals surface area contributed by atoms with Crippen molar-refractivity contribution >= 4 is 5.97 Å². The smallest absolute Gasteiger partial charge is 0.430 e. The molecule has 0 saturated carbocycles. The summed E-state index contributed by atoms with van der Waals surface area (Å²) in [5, 5.41) is 9.19. The molecule has 0 bridgehead atoms. The predicted octanol–water partition coefficient (Wildman–Crippen LogP) is 5.88. The van der Waals surface area contributed by atoms with Gasteiger partial charge < -0.3 is 14.6 Å². The first kappa shape index (κ1) is 28.2. The van der Waals surface area contributed by atoms with Crippen molar-refractivity contribution < 1.29 is 45.7 Å². The van der Waals surface area contributed by atoms with E-state index in [0.29, 0.717) is 30.7 Å². The number of hydrogen-bond donors (Lipinski definition) is 1. The van der Waals surface area contributed by atoms with Crippen molar-refractivity contribution in [3.8, 4) is 0 Å². The number of benzene rings is 1. The van der Waals surface area contributed by atoms with Crippen molar-refractivity contribution in [3.63, 3.8) is 0 Å². The second-order valence-electron chi connectivity index (χ2n) is 8.43. The molecule has 0 amide bonds. The zero-order chi connectivity index (χ0) is 25.0. The van der Waals surface area contributed by atoms with Crippen LogP contribution in [0.15, 0.2) is 24.3 Å². The van der Waals surface area contributed by atoms with Crippen LogP contribution in [0.25, 0.3) is 0 Å². The monoisotopic (exact) mass is 472 g/mol. The van der Waals surface area contributed by atoms with E-state index in [1.807, 2.05) is 27.7 Å². The van der Waals surface area contributed by atoms with Crippen molar-refractivity contribution in [2.24, 2.45) is 5.41 Å². The lowest BCUT2D eigenvalue weighted by Crippen LogP contribution is -2.53. The van der Waals surface area contributed by atoms with E-state index in [4.69, 9.17) is 9.47 Å². The van der Waals surface area contributed by atoms with Gasteiger partial charge in [0.15, 0.2) is 0 Å². The van der Waals surface area contributed by atoms with Gasteiger partial charge in [0.1, 0.15) is 12.7 Å². The topological polar surface area (TPSA) is 59.1 Å². The van der Waals surface area contributed by atoms with E-state index in [0.717, 1.165) is 13.0 Å². The summed E-state index contributed by atoms with van der Waals surface area (Å²) < 4.78 is 85.8. The molecule has 1 aliphatic rings. The second kappa shape index (κ2) is 10.4. The molecule has 1 N–H and O–H groups in total. The van der Waals surface area contributed by atoms with Gasteiger partial charge in [0, 0.05) is 5.56 Å². The molecule has 0 spiro atoms. The molecule has 4 nitrogen and oxygen atoms in total. The van der Waals surface area contributed by atoms with E-state index in [1.54, 1.807) is 6.92 Å². The number of halogens is 6. The Balaban J connectivity index is 0.000000363. The third-order valence-corrected chi connectivity index (χ3v) is 5.57. The van der Waals surface area contributed by atoms with Gasteiger partial charge in [0.25, 0.3) is 5.60 Å². The summed E-state index contributed by atoms with van der Waals surface area (Å²) in [6.07, 6.45) is -10.0. The molecule has 32 heavy (non-hydrogen) atoms. The summed E-state index contributed by atoms with van der Waals surface area (Å²) >= 11 is 0. The maximum absolute atomic E-state index is 12.6. The van der Waals surface area contributed by atoms with Gasteiger partial charge in [0.2, 0.25) is 0 Å². The number of carbonyl (C=O) groups is 1. The van der Waals surface area contributed by atoms with Crippen LogP contribution in [0.5, 0.6) is 0 Å². The fourth-order valence-corrected chi connectivity index (χ4v) is 2.45. The Morgan fingerprint density at radius 1 is 1.09 bits per heavy atom. The first-order valence-electron chi connectivity index (χ1n) is 10.3. The molecule has 2 rings (SSSR count). The van der Waals surface area contributed by atoms with Crippen LogP contribution in [0.3, 0.4) is 0 Å². The fourth-order valence-electron chi connectivity index (χ4n) is 2.45. The fraction of sp³-hybridized carbons (Fsp3) is 0.682. The Labute approximate surface area is 183 Å². The number of alkyl halides is 6. The van der Waals surface area contributed by atoms with E-state index in [1.165, 1.54) is 12.1 Å². The Morgan fingerprint density at radius 2 is 1.56 bits per heavy atom. The molecule has 1 aliphatic heterocycles. The van der Waals surface area contributed by atoms with Crippen LogP contribution in [0.4, 0.5) is 26.3 Å². The zero-order valence-electron chi connectivity index (χ0n) is 18.7. The van der Waals surface area contributed by atoms with Gasteiger partial charge >= 0.3 is 18.3 Å². The lowest BCUT2D eigenvalue weighted by Gasteiger charge is -2.32. The van der Waals surface area contributed by atoms with Gasteiger partial charge in [-0.2, -0.15) is 26.3 Å². The normalized spacial score (nSPS) is 17.8. The van der Waals surface area contributed by atoms with Crippen LogP contribution >= 0.6 is 0 Å². The lowest BCUT2D eigenvalue weighted by molar-refractivity contribution is -0.376. The molecular formula is C22H30F6O4. The SMILES string of the molecule is CCC(C)(C)C(=O)OCC1CO1.CCC(C)c1ccc(C(O)(C(F)(F)F)C(F)(F)F)cc1. The zero-order valence-corrected chi connectivity index (χ0v) is 18.7. The minimum Gasteiger partial charge on any atom is -0.462 e. The van der Waals surface area contributed by atoms with Crippen LogP contribution in [0.2, 0.25) is 0 Å². The Bertz CT molecular complexity index is 722. The highest BCUT2D eigenvalue weighted by atomic mass is 19.4. The molecule has 1 heterocycles. The summed E-state index contributed by atoms with van der Waals surface area (Å²) in [6.45, 7) is 10.6. The minimum absolute atomic E-state index is 0.00826. The lowest BCUT2D eigenvalue weighted by atomic mass is 9.89. The standard InChI is InChI=1S/C13H14F6O.C9H16O3/c1-3-8(2)9-4-6-10(7-5-9)11(20,12(14,15)16)13(17,18)19;1-4-9(2,3)8(10)12-6-7-5-11-7/h4-8,20H,3H2,1-2H3;7H,4-6H2,1-3H3. The highest BCUT2D eigenvalue weighted by Crippen LogP contribution is 2.50. The molecule has 1 aromatic rings. The molecule has 2 unspecified atom stereocenters. The van der Waals surface area contributed by atoms with E-state index in [9.17, 15) is 36.2 Å². The van der Waals surface area contributed by atoms with E-state index in [-0.39, 0.29) is 23.4 Å². The Morgan fingerprint density at radius 3 is 1.91 bits per heavy atom. The molecule has 1 fully saturated rings. The summed E-state index contributed by atoms with van der Waals surface area (Å²) in [7, 11) is 0. The van der Waals surface area contributed by atoms with Crippen LogP contribution < -0.4 is 0 Å². The minimum atomic E-state index is -5.84. The van der Waals surface area contributed by atoms with Crippen molar-refractivity contribution in [1.82, 2.24) is 0 Å². The molecule has 2 atom stereocenters. The number of aliphatic hydroxyl groups is 1. The van der Waals surface area contributed by atoms with Crippen molar-refractivity contribution in [3.05, 3.63) is 35.4 Å². The van der Waals surface area contributed by atoms with Gasteiger partial charge in [-0.3, -0.25) is 4.79 Å². The summed E-state index contributed by atoms with van der Waals surface area (Å²) in [5.74, 6) is -0.116. The Hall–Kier alpha value is -1.81. The molecule has 10 heteroatoms.